The Balaban J connectivity index is 1.91. The Morgan fingerprint density at radius 3 is 2.70 bits per heavy atom. The summed E-state index contributed by atoms with van der Waals surface area (Å²) in [6.45, 7) is 4.09. The number of hydrogen-bond acceptors (Lipinski definition) is 4. The highest BCUT2D eigenvalue weighted by molar-refractivity contribution is 6.42. The number of fused-ring (bicyclic) bond motifs is 1. The van der Waals surface area contributed by atoms with Crippen LogP contribution in [0, 0.1) is 5.41 Å². The Kier molecular flexibility index (Phi) is 3.98. The average Bonchev–Trinajstić information content (AvgIpc) is 2.55. The number of nitrogens with zero attached hydrogens (tertiary/aromatic N) is 3. The third-order valence-electron chi connectivity index (χ3n) is 4.38. The number of benzene rings is 1. The summed E-state index contributed by atoms with van der Waals surface area (Å²) >= 11 is 12.0. The van der Waals surface area contributed by atoms with Crippen molar-refractivity contribution in [1.29, 1.82) is 0 Å². The van der Waals surface area contributed by atoms with Crippen molar-refractivity contribution >= 4 is 46.7 Å². The van der Waals surface area contributed by atoms with Gasteiger partial charge in [-0.25, -0.2) is 4.99 Å². The molecule has 23 heavy (non-hydrogen) atoms. The van der Waals surface area contributed by atoms with E-state index >= 15 is 0 Å². The third kappa shape index (κ3) is 2.56. The molecule has 3 rings (SSSR count). The lowest BCUT2D eigenvalue weighted by atomic mass is 9.83. The maximum atomic E-state index is 12.7. The average molecular weight is 355 g/mol. The number of hydrogen-bond donors (Lipinski definition) is 1. The van der Waals surface area contributed by atoms with Crippen LogP contribution in [0.3, 0.4) is 0 Å². The van der Waals surface area contributed by atoms with Gasteiger partial charge in [-0.1, -0.05) is 30.1 Å². The Bertz CT molecular complexity index is 721. The van der Waals surface area contributed by atoms with Crippen molar-refractivity contribution in [3.8, 4) is 0 Å². The molecule has 122 valence electrons. The number of carbonyl (C=O) groups excluding carboxylic acids is 2. The van der Waals surface area contributed by atoms with Gasteiger partial charge in [0.1, 0.15) is 18.8 Å². The van der Waals surface area contributed by atoms with Crippen LogP contribution in [0.1, 0.15) is 20.3 Å². The Labute approximate surface area is 144 Å². The van der Waals surface area contributed by atoms with E-state index in [0.717, 1.165) is 5.69 Å². The summed E-state index contributed by atoms with van der Waals surface area (Å²) in [6, 6.07) is 5.26. The molecule has 1 saturated heterocycles. The molecule has 1 aromatic rings. The fraction of sp³-hybridized carbons (Fsp3) is 0.400. The van der Waals surface area contributed by atoms with E-state index in [9.17, 15) is 9.59 Å². The number of halogens is 2. The quantitative estimate of drug-likeness (QED) is 0.829. The van der Waals surface area contributed by atoms with Crippen molar-refractivity contribution in [3.05, 3.63) is 28.2 Å². The van der Waals surface area contributed by atoms with Gasteiger partial charge in [-0.05, 0) is 31.5 Å². The molecule has 0 bridgehead atoms. The molecule has 0 aliphatic carbocycles. The van der Waals surface area contributed by atoms with Crippen molar-refractivity contribution < 1.29 is 9.59 Å². The molecular weight excluding hydrogens is 339 g/mol. The van der Waals surface area contributed by atoms with Crippen LogP contribution < -0.4 is 10.2 Å². The van der Waals surface area contributed by atoms with Gasteiger partial charge in [0, 0.05) is 5.69 Å². The van der Waals surface area contributed by atoms with E-state index in [4.69, 9.17) is 23.2 Å². The molecule has 1 unspecified atom stereocenters. The molecule has 1 aromatic carbocycles. The zero-order chi connectivity index (χ0) is 16.8. The van der Waals surface area contributed by atoms with Gasteiger partial charge < -0.3 is 4.90 Å². The lowest BCUT2D eigenvalue weighted by molar-refractivity contribution is -0.149. The minimum atomic E-state index is -1.07. The number of amides is 2. The molecule has 1 fully saturated rings. The SMILES string of the molecule is CCC1(C)C(=O)NC2=NCN(c3ccc(Cl)c(Cl)c3)CN2C1=O. The highest BCUT2D eigenvalue weighted by Crippen LogP contribution is 2.31. The molecule has 0 aromatic heterocycles. The summed E-state index contributed by atoms with van der Waals surface area (Å²) in [5.41, 5.74) is -0.259. The molecule has 2 amide bonds. The first kappa shape index (κ1) is 16.1. The fourth-order valence-electron chi connectivity index (χ4n) is 2.58. The van der Waals surface area contributed by atoms with Crippen molar-refractivity contribution in [1.82, 2.24) is 10.2 Å². The van der Waals surface area contributed by atoms with Gasteiger partial charge in [0.15, 0.2) is 0 Å². The molecular formula is C15H16Cl2N4O2. The fourth-order valence-corrected chi connectivity index (χ4v) is 2.87. The minimum Gasteiger partial charge on any atom is -0.334 e. The number of rotatable bonds is 2. The van der Waals surface area contributed by atoms with Crippen LogP contribution in [0.25, 0.3) is 0 Å². The van der Waals surface area contributed by atoms with Crippen LogP contribution in [0.15, 0.2) is 23.2 Å². The maximum absolute atomic E-state index is 12.7. The van der Waals surface area contributed by atoms with Crippen LogP contribution in [0.4, 0.5) is 5.69 Å². The monoisotopic (exact) mass is 354 g/mol. The predicted molar refractivity (Wildman–Crippen MR) is 89.5 cm³/mol. The van der Waals surface area contributed by atoms with Gasteiger partial charge in [-0.3, -0.25) is 19.8 Å². The zero-order valence-corrected chi connectivity index (χ0v) is 14.3. The molecule has 2 aliphatic rings. The molecule has 1 N–H and O–H groups in total. The minimum absolute atomic E-state index is 0.243. The van der Waals surface area contributed by atoms with E-state index in [1.54, 1.807) is 19.1 Å². The number of carbonyl (C=O) groups is 2. The van der Waals surface area contributed by atoms with Crippen LogP contribution in [0.2, 0.25) is 10.0 Å². The standard InChI is InChI=1S/C15H16Cl2N4O2/c1-3-15(2)12(22)19-14-18-7-20(8-21(14)13(15)23)9-4-5-10(16)11(17)6-9/h4-6H,3,7-8H2,1-2H3,(H,18,19,22). The second-order valence-electron chi connectivity index (χ2n) is 5.78. The lowest BCUT2D eigenvalue weighted by Gasteiger charge is -2.43. The molecule has 2 heterocycles. The summed E-state index contributed by atoms with van der Waals surface area (Å²) in [6.07, 6.45) is 0.425. The van der Waals surface area contributed by atoms with E-state index in [0.29, 0.717) is 35.8 Å². The van der Waals surface area contributed by atoms with Crippen molar-refractivity contribution in [2.75, 3.05) is 18.2 Å². The highest BCUT2D eigenvalue weighted by Gasteiger charge is 2.49. The predicted octanol–water partition coefficient (Wildman–Crippen LogP) is 2.46. The van der Waals surface area contributed by atoms with E-state index in [2.05, 4.69) is 10.3 Å². The van der Waals surface area contributed by atoms with Gasteiger partial charge in [-0.2, -0.15) is 0 Å². The number of nitrogens with one attached hydrogen (secondary N) is 1. The number of guanidine groups is 1. The summed E-state index contributed by atoms with van der Waals surface area (Å²) in [4.78, 5) is 32.6. The Morgan fingerprint density at radius 1 is 1.30 bits per heavy atom. The first-order valence-electron chi connectivity index (χ1n) is 7.24. The van der Waals surface area contributed by atoms with E-state index in [-0.39, 0.29) is 11.8 Å². The molecule has 1 atom stereocenters. The third-order valence-corrected chi connectivity index (χ3v) is 5.12. The van der Waals surface area contributed by atoms with Crippen molar-refractivity contribution in [2.24, 2.45) is 10.4 Å². The molecule has 0 saturated carbocycles. The first-order chi connectivity index (χ1) is 10.9. The van der Waals surface area contributed by atoms with Gasteiger partial charge in [0.05, 0.1) is 10.0 Å². The summed E-state index contributed by atoms with van der Waals surface area (Å²) < 4.78 is 0. The van der Waals surface area contributed by atoms with E-state index < -0.39 is 5.41 Å². The van der Waals surface area contributed by atoms with Crippen LogP contribution in [0.5, 0.6) is 0 Å². The smallest absolute Gasteiger partial charge is 0.246 e. The second kappa shape index (κ2) is 5.69. The zero-order valence-electron chi connectivity index (χ0n) is 12.8. The molecule has 0 radical (unpaired) electrons. The van der Waals surface area contributed by atoms with E-state index in [1.165, 1.54) is 4.90 Å². The van der Waals surface area contributed by atoms with Crippen molar-refractivity contribution in [3.63, 3.8) is 0 Å². The van der Waals surface area contributed by atoms with Gasteiger partial charge in [0.25, 0.3) is 0 Å². The summed E-state index contributed by atoms with van der Waals surface area (Å²) in [5, 5.41) is 3.63. The lowest BCUT2D eigenvalue weighted by Crippen LogP contribution is -2.66. The maximum Gasteiger partial charge on any atom is 0.246 e. The van der Waals surface area contributed by atoms with Crippen LogP contribution >= 0.6 is 23.2 Å². The number of aliphatic imine (C=N–C) groups is 1. The van der Waals surface area contributed by atoms with Gasteiger partial charge >= 0.3 is 0 Å². The highest BCUT2D eigenvalue weighted by atomic mass is 35.5. The summed E-state index contributed by atoms with van der Waals surface area (Å²) in [5.74, 6) is -0.238. The van der Waals surface area contributed by atoms with Gasteiger partial charge in [0.2, 0.25) is 17.8 Å². The number of anilines is 1. The normalized spacial score (nSPS) is 24.3. The summed E-state index contributed by atoms with van der Waals surface area (Å²) in [7, 11) is 0. The molecule has 6 nitrogen and oxygen atoms in total. The topological polar surface area (TPSA) is 65.0 Å². The largest absolute Gasteiger partial charge is 0.334 e. The van der Waals surface area contributed by atoms with Crippen molar-refractivity contribution in [2.45, 2.75) is 20.3 Å². The first-order valence-corrected chi connectivity index (χ1v) is 8.00. The van der Waals surface area contributed by atoms with E-state index in [1.807, 2.05) is 17.9 Å². The Hall–Kier alpha value is -1.79. The molecule has 0 spiro atoms. The molecule has 2 aliphatic heterocycles. The Morgan fingerprint density at radius 2 is 2.04 bits per heavy atom. The molecule has 8 heteroatoms. The van der Waals surface area contributed by atoms with Gasteiger partial charge in [-0.15, -0.1) is 0 Å². The second-order valence-corrected chi connectivity index (χ2v) is 6.59. The van der Waals surface area contributed by atoms with Crippen LogP contribution in [-0.4, -0.2) is 36.0 Å². The van der Waals surface area contributed by atoms with Crippen LogP contribution in [-0.2, 0) is 9.59 Å².